The first kappa shape index (κ1) is 11.4. The molecule has 1 rings (SSSR count). The van der Waals surface area contributed by atoms with E-state index in [4.69, 9.17) is 0 Å². The molecule has 0 saturated carbocycles. The highest BCUT2D eigenvalue weighted by Crippen LogP contribution is 1.93. The smallest absolute Gasteiger partial charge is 0.224 e. The number of hydrogen-bond acceptors (Lipinski definition) is 3. The fourth-order valence-electron chi connectivity index (χ4n) is 0.997. The highest BCUT2D eigenvalue weighted by atomic mass is 16.1. The van der Waals surface area contributed by atoms with E-state index in [-0.39, 0.29) is 5.91 Å². The summed E-state index contributed by atoms with van der Waals surface area (Å²) in [4.78, 5) is 19.5. The van der Waals surface area contributed by atoms with E-state index >= 15 is 0 Å². The number of nitrogens with one attached hydrogen (secondary N) is 1. The Balaban J connectivity index is 2.37. The third-order valence-electron chi connectivity index (χ3n) is 1.84. The van der Waals surface area contributed by atoms with Gasteiger partial charge in [0.1, 0.15) is 0 Å². The lowest BCUT2D eigenvalue weighted by molar-refractivity contribution is -0.120. The Labute approximate surface area is 89.4 Å². The number of aromatic nitrogens is 2. The van der Waals surface area contributed by atoms with Crippen molar-refractivity contribution in [2.75, 3.05) is 0 Å². The van der Waals surface area contributed by atoms with Gasteiger partial charge in [0.2, 0.25) is 5.91 Å². The standard InChI is InChI=1S/C11H15N3O/c1-3-4-5-11(15)14-8-10-7-12-9(2)6-13-10/h3-4,6-7H,5,8H2,1-2H3,(H,14,15)/b4-3-. The largest absolute Gasteiger partial charge is 0.350 e. The Kier molecular flexibility index (Phi) is 4.47. The minimum atomic E-state index is -0.00419. The number of rotatable bonds is 4. The normalized spacial score (nSPS) is 10.5. The molecule has 0 aromatic carbocycles. The third kappa shape index (κ3) is 4.35. The van der Waals surface area contributed by atoms with E-state index in [1.54, 1.807) is 12.4 Å². The average molecular weight is 205 g/mol. The zero-order valence-electron chi connectivity index (χ0n) is 9.03. The van der Waals surface area contributed by atoms with E-state index in [1.165, 1.54) is 0 Å². The zero-order chi connectivity index (χ0) is 11.1. The molecule has 0 spiro atoms. The van der Waals surface area contributed by atoms with E-state index in [0.29, 0.717) is 13.0 Å². The molecule has 15 heavy (non-hydrogen) atoms. The minimum absolute atomic E-state index is 0.00419. The van der Waals surface area contributed by atoms with Crippen molar-refractivity contribution in [3.05, 3.63) is 35.9 Å². The Bertz CT molecular complexity index is 343. The van der Waals surface area contributed by atoms with Crippen LogP contribution >= 0.6 is 0 Å². The highest BCUT2D eigenvalue weighted by Gasteiger charge is 1.99. The maximum Gasteiger partial charge on any atom is 0.224 e. The van der Waals surface area contributed by atoms with Gasteiger partial charge in [0, 0.05) is 12.6 Å². The van der Waals surface area contributed by atoms with Gasteiger partial charge in [0.25, 0.3) is 0 Å². The number of amides is 1. The molecule has 0 saturated heterocycles. The molecule has 1 aromatic heterocycles. The molecule has 0 aliphatic rings. The fraction of sp³-hybridized carbons (Fsp3) is 0.364. The maximum atomic E-state index is 11.2. The van der Waals surface area contributed by atoms with Crippen molar-refractivity contribution in [3.8, 4) is 0 Å². The number of aryl methyl sites for hydroxylation is 1. The van der Waals surface area contributed by atoms with Crippen LogP contribution in [-0.4, -0.2) is 15.9 Å². The van der Waals surface area contributed by atoms with Crippen molar-refractivity contribution >= 4 is 5.91 Å². The van der Waals surface area contributed by atoms with Gasteiger partial charge in [-0.25, -0.2) is 0 Å². The maximum absolute atomic E-state index is 11.2. The van der Waals surface area contributed by atoms with Crippen molar-refractivity contribution in [2.24, 2.45) is 0 Å². The van der Waals surface area contributed by atoms with E-state index in [1.807, 2.05) is 26.0 Å². The summed E-state index contributed by atoms with van der Waals surface area (Å²) in [5, 5.41) is 2.76. The second-order valence-electron chi connectivity index (χ2n) is 3.20. The second kappa shape index (κ2) is 5.90. The predicted octanol–water partition coefficient (Wildman–Crippen LogP) is 1.37. The summed E-state index contributed by atoms with van der Waals surface area (Å²) in [5.41, 5.74) is 1.65. The van der Waals surface area contributed by atoms with Gasteiger partial charge in [-0.1, -0.05) is 12.2 Å². The molecule has 0 aliphatic heterocycles. The van der Waals surface area contributed by atoms with Gasteiger partial charge in [-0.3, -0.25) is 14.8 Å². The monoisotopic (exact) mass is 205 g/mol. The molecule has 1 aromatic rings. The first-order valence-electron chi connectivity index (χ1n) is 4.87. The van der Waals surface area contributed by atoms with Crippen molar-refractivity contribution in [1.29, 1.82) is 0 Å². The van der Waals surface area contributed by atoms with Crippen molar-refractivity contribution < 1.29 is 4.79 Å². The van der Waals surface area contributed by atoms with Crippen LogP contribution in [-0.2, 0) is 11.3 Å². The topological polar surface area (TPSA) is 54.9 Å². The Hall–Kier alpha value is -1.71. The summed E-state index contributed by atoms with van der Waals surface area (Å²) in [5.74, 6) is -0.00419. The van der Waals surface area contributed by atoms with Gasteiger partial charge in [0.05, 0.1) is 24.1 Å². The summed E-state index contributed by atoms with van der Waals surface area (Å²) in [6.45, 7) is 4.20. The summed E-state index contributed by atoms with van der Waals surface area (Å²) in [7, 11) is 0. The molecule has 4 nitrogen and oxygen atoms in total. The van der Waals surface area contributed by atoms with Crippen LogP contribution in [0, 0.1) is 6.92 Å². The van der Waals surface area contributed by atoms with Crippen LogP contribution in [0.1, 0.15) is 24.7 Å². The molecule has 1 amide bonds. The molecule has 1 heterocycles. The average Bonchev–Trinajstić information content (AvgIpc) is 2.25. The van der Waals surface area contributed by atoms with Crippen molar-refractivity contribution in [1.82, 2.24) is 15.3 Å². The quantitative estimate of drug-likeness (QED) is 0.755. The molecule has 0 radical (unpaired) electrons. The van der Waals surface area contributed by atoms with Crippen LogP contribution < -0.4 is 5.32 Å². The SMILES string of the molecule is C/C=C\CC(=O)NCc1cnc(C)cn1. The molecule has 0 unspecified atom stereocenters. The van der Waals surface area contributed by atoms with Crippen LogP contribution in [0.15, 0.2) is 24.5 Å². The molecule has 0 fully saturated rings. The molecular formula is C11H15N3O. The second-order valence-corrected chi connectivity index (χ2v) is 3.20. The predicted molar refractivity (Wildman–Crippen MR) is 58.0 cm³/mol. The number of carbonyl (C=O) groups excluding carboxylic acids is 1. The molecular weight excluding hydrogens is 190 g/mol. The molecule has 80 valence electrons. The first-order chi connectivity index (χ1) is 7.22. The number of nitrogens with zero attached hydrogens (tertiary/aromatic N) is 2. The summed E-state index contributed by atoms with van der Waals surface area (Å²) >= 11 is 0. The Morgan fingerprint density at radius 1 is 1.47 bits per heavy atom. The zero-order valence-corrected chi connectivity index (χ0v) is 9.03. The highest BCUT2D eigenvalue weighted by molar-refractivity contribution is 5.77. The van der Waals surface area contributed by atoms with E-state index in [2.05, 4.69) is 15.3 Å². The molecule has 1 N–H and O–H groups in total. The van der Waals surface area contributed by atoms with Gasteiger partial charge in [-0.05, 0) is 13.8 Å². The van der Waals surface area contributed by atoms with Crippen LogP contribution in [0.2, 0.25) is 0 Å². The summed E-state index contributed by atoms with van der Waals surface area (Å²) in [6, 6.07) is 0. The van der Waals surface area contributed by atoms with E-state index in [0.717, 1.165) is 11.4 Å². The van der Waals surface area contributed by atoms with Gasteiger partial charge in [0.15, 0.2) is 0 Å². The van der Waals surface area contributed by atoms with E-state index < -0.39 is 0 Å². The first-order valence-corrected chi connectivity index (χ1v) is 4.87. The van der Waals surface area contributed by atoms with Crippen LogP contribution in [0.4, 0.5) is 0 Å². The number of allylic oxidation sites excluding steroid dienone is 1. The number of carbonyl (C=O) groups is 1. The lowest BCUT2D eigenvalue weighted by Crippen LogP contribution is -2.22. The van der Waals surface area contributed by atoms with Gasteiger partial charge >= 0.3 is 0 Å². The van der Waals surface area contributed by atoms with Gasteiger partial charge < -0.3 is 5.32 Å². The number of hydrogen-bond donors (Lipinski definition) is 1. The third-order valence-corrected chi connectivity index (χ3v) is 1.84. The minimum Gasteiger partial charge on any atom is -0.350 e. The van der Waals surface area contributed by atoms with Crippen LogP contribution in [0.3, 0.4) is 0 Å². The lowest BCUT2D eigenvalue weighted by atomic mass is 10.3. The van der Waals surface area contributed by atoms with E-state index in [9.17, 15) is 4.79 Å². The summed E-state index contributed by atoms with van der Waals surface area (Å²) < 4.78 is 0. The molecule has 0 aliphatic carbocycles. The van der Waals surface area contributed by atoms with Crippen molar-refractivity contribution in [3.63, 3.8) is 0 Å². The lowest BCUT2D eigenvalue weighted by Gasteiger charge is -2.02. The molecule has 0 bridgehead atoms. The van der Waals surface area contributed by atoms with Crippen LogP contribution in [0.5, 0.6) is 0 Å². The molecule has 0 atom stereocenters. The molecule has 4 heteroatoms. The van der Waals surface area contributed by atoms with Crippen LogP contribution in [0.25, 0.3) is 0 Å². The van der Waals surface area contributed by atoms with Crippen molar-refractivity contribution in [2.45, 2.75) is 26.8 Å². The van der Waals surface area contributed by atoms with Gasteiger partial charge in [-0.2, -0.15) is 0 Å². The fourth-order valence-corrected chi connectivity index (χ4v) is 0.997. The van der Waals surface area contributed by atoms with Gasteiger partial charge in [-0.15, -0.1) is 0 Å². The summed E-state index contributed by atoms with van der Waals surface area (Å²) in [6.07, 6.45) is 7.44. The Morgan fingerprint density at radius 3 is 2.87 bits per heavy atom. The Morgan fingerprint density at radius 2 is 2.27 bits per heavy atom.